The summed E-state index contributed by atoms with van der Waals surface area (Å²) < 4.78 is 18.7. The second kappa shape index (κ2) is 5.79. The van der Waals surface area contributed by atoms with Crippen LogP contribution in [0.1, 0.15) is 16.1 Å². The monoisotopic (exact) mass is 278 g/mol. The van der Waals surface area contributed by atoms with Gasteiger partial charge in [0, 0.05) is 12.3 Å². The number of halogens is 1. The van der Waals surface area contributed by atoms with Crippen LogP contribution in [-0.4, -0.2) is 29.1 Å². The molecule has 6 heteroatoms. The molecule has 2 rings (SSSR count). The van der Waals surface area contributed by atoms with Crippen molar-refractivity contribution in [1.82, 2.24) is 9.97 Å². The SMILES string of the molecule is COc1ccc(C(=O)c2ccnc(SC)n2)c(F)c1. The number of ether oxygens (including phenoxy) is 1. The molecule has 0 amide bonds. The first-order valence-corrected chi connectivity index (χ1v) is 6.63. The number of ketones is 1. The molecule has 0 aliphatic rings. The van der Waals surface area contributed by atoms with Gasteiger partial charge in [-0.15, -0.1) is 0 Å². The molecule has 0 aliphatic carbocycles. The number of rotatable bonds is 4. The normalized spacial score (nSPS) is 10.3. The van der Waals surface area contributed by atoms with Crippen molar-refractivity contribution in [3.8, 4) is 5.75 Å². The van der Waals surface area contributed by atoms with E-state index in [-0.39, 0.29) is 11.3 Å². The molecule has 0 radical (unpaired) electrons. The van der Waals surface area contributed by atoms with Gasteiger partial charge < -0.3 is 4.74 Å². The third-order valence-corrected chi connectivity index (χ3v) is 3.03. The molecule has 0 atom stereocenters. The van der Waals surface area contributed by atoms with E-state index < -0.39 is 11.6 Å². The summed E-state index contributed by atoms with van der Waals surface area (Å²) >= 11 is 1.32. The summed E-state index contributed by atoms with van der Waals surface area (Å²) in [7, 11) is 1.44. The van der Waals surface area contributed by atoms with Gasteiger partial charge in [-0.2, -0.15) is 0 Å². The molecular formula is C13H11FN2O2S. The molecule has 2 aromatic rings. The zero-order valence-electron chi connectivity index (χ0n) is 10.4. The highest BCUT2D eigenvalue weighted by Gasteiger charge is 2.16. The van der Waals surface area contributed by atoms with E-state index in [0.717, 1.165) is 0 Å². The van der Waals surface area contributed by atoms with Gasteiger partial charge in [0.1, 0.15) is 17.3 Å². The maximum atomic E-state index is 13.8. The van der Waals surface area contributed by atoms with Gasteiger partial charge in [0.15, 0.2) is 5.16 Å². The second-order valence-electron chi connectivity index (χ2n) is 3.60. The first-order valence-electron chi connectivity index (χ1n) is 5.41. The van der Waals surface area contributed by atoms with Gasteiger partial charge in [-0.3, -0.25) is 4.79 Å². The summed E-state index contributed by atoms with van der Waals surface area (Å²) in [6.45, 7) is 0. The number of aromatic nitrogens is 2. The van der Waals surface area contributed by atoms with Crippen molar-refractivity contribution in [3.63, 3.8) is 0 Å². The Morgan fingerprint density at radius 1 is 1.37 bits per heavy atom. The van der Waals surface area contributed by atoms with Crippen molar-refractivity contribution < 1.29 is 13.9 Å². The summed E-state index contributed by atoms with van der Waals surface area (Å²) in [5, 5.41) is 0.472. The van der Waals surface area contributed by atoms with Crippen LogP contribution in [0.15, 0.2) is 35.6 Å². The van der Waals surface area contributed by atoms with Crippen LogP contribution in [-0.2, 0) is 0 Å². The van der Waals surface area contributed by atoms with Crippen molar-refractivity contribution in [3.05, 3.63) is 47.5 Å². The first-order chi connectivity index (χ1) is 9.15. The van der Waals surface area contributed by atoms with Crippen LogP contribution in [0.4, 0.5) is 4.39 Å². The Hall–Kier alpha value is -1.95. The minimum atomic E-state index is -0.631. The van der Waals surface area contributed by atoms with Crippen LogP contribution in [0.3, 0.4) is 0 Å². The molecular weight excluding hydrogens is 267 g/mol. The predicted molar refractivity (Wildman–Crippen MR) is 70.2 cm³/mol. The molecule has 0 N–H and O–H groups in total. The predicted octanol–water partition coefficient (Wildman–Crippen LogP) is 2.58. The molecule has 0 bridgehead atoms. The summed E-state index contributed by atoms with van der Waals surface area (Å²) in [5.41, 5.74) is 0.134. The van der Waals surface area contributed by atoms with Crippen molar-refractivity contribution >= 4 is 17.5 Å². The molecule has 0 aliphatic heterocycles. The van der Waals surface area contributed by atoms with Crippen molar-refractivity contribution in [2.45, 2.75) is 5.16 Å². The number of methoxy groups -OCH3 is 1. The van der Waals surface area contributed by atoms with Crippen LogP contribution in [0, 0.1) is 5.82 Å². The van der Waals surface area contributed by atoms with Crippen LogP contribution < -0.4 is 4.74 Å². The minimum absolute atomic E-state index is 0.0356. The van der Waals surface area contributed by atoms with Crippen LogP contribution >= 0.6 is 11.8 Å². The zero-order valence-corrected chi connectivity index (χ0v) is 11.2. The van der Waals surface area contributed by atoms with E-state index in [1.807, 2.05) is 0 Å². The number of carbonyl (C=O) groups excluding carboxylic acids is 1. The number of thioether (sulfide) groups is 1. The third-order valence-electron chi connectivity index (χ3n) is 2.47. The molecule has 4 nitrogen and oxygen atoms in total. The zero-order chi connectivity index (χ0) is 13.8. The molecule has 0 saturated carbocycles. The van der Waals surface area contributed by atoms with E-state index in [1.54, 1.807) is 6.26 Å². The topological polar surface area (TPSA) is 52.1 Å². The highest BCUT2D eigenvalue weighted by atomic mass is 32.2. The van der Waals surface area contributed by atoms with E-state index in [0.29, 0.717) is 10.9 Å². The molecule has 0 saturated heterocycles. The Morgan fingerprint density at radius 3 is 2.79 bits per heavy atom. The van der Waals surface area contributed by atoms with E-state index >= 15 is 0 Å². The number of nitrogens with zero attached hydrogens (tertiary/aromatic N) is 2. The average molecular weight is 278 g/mol. The van der Waals surface area contributed by atoms with Gasteiger partial charge in [0.05, 0.1) is 12.7 Å². The molecule has 1 heterocycles. The Morgan fingerprint density at radius 2 is 2.16 bits per heavy atom. The fraction of sp³-hybridized carbons (Fsp3) is 0.154. The minimum Gasteiger partial charge on any atom is -0.497 e. The second-order valence-corrected chi connectivity index (χ2v) is 4.38. The quantitative estimate of drug-likeness (QED) is 0.489. The molecule has 0 fully saturated rings. The first kappa shape index (κ1) is 13.5. The Bertz CT molecular complexity index is 619. The fourth-order valence-corrected chi connectivity index (χ4v) is 1.87. The smallest absolute Gasteiger partial charge is 0.214 e. The molecule has 19 heavy (non-hydrogen) atoms. The van der Waals surface area contributed by atoms with Crippen molar-refractivity contribution in [2.24, 2.45) is 0 Å². The maximum Gasteiger partial charge on any atom is 0.214 e. The van der Waals surface area contributed by atoms with Crippen LogP contribution in [0.5, 0.6) is 5.75 Å². The molecule has 0 spiro atoms. The van der Waals surface area contributed by atoms with Gasteiger partial charge in [-0.25, -0.2) is 14.4 Å². The highest BCUT2D eigenvalue weighted by Crippen LogP contribution is 2.19. The van der Waals surface area contributed by atoms with Crippen molar-refractivity contribution in [1.29, 1.82) is 0 Å². The van der Waals surface area contributed by atoms with E-state index in [1.165, 1.54) is 49.3 Å². The highest BCUT2D eigenvalue weighted by molar-refractivity contribution is 7.98. The third kappa shape index (κ3) is 2.90. The molecule has 0 unspecified atom stereocenters. The standard InChI is InChI=1S/C13H11FN2O2S/c1-18-8-3-4-9(10(14)7-8)12(17)11-5-6-15-13(16-11)19-2/h3-7H,1-2H3. The summed E-state index contributed by atoms with van der Waals surface area (Å²) in [4.78, 5) is 20.2. The number of hydrogen-bond donors (Lipinski definition) is 0. The number of carbonyl (C=O) groups is 1. The molecule has 1 aromatic heterocycles. The lowest BCUT2D eigenvalue weighted by atomic mass is 10.1. The Labute approximate surface area is 114 Å². The van der Waals surface area contributed by atoms with E-state index in [9.17, 15) is 9.18 Å². The lowest BCUT2D eigenvalue weighted by Crippen LogP contribution is -2.07. The fourth-order valence-electron chi connectivity index (χ4n) is 1.51. The number of benzene rings is 1. The molecule has 1 aromatic carbocycles. The lowest BCUT2D eigenvalue weighted by molar-refractivity contribution is 0.102. The Kier molecular flexibility index (Phi) is 4.11. The van der Waals surface area contributed by atoms with Gasteiger partial charge in [-0.05, 0) is 24.5 Å². The van der Waals surface area contributed by atoms with Crippen molar-refractivity contribution in [2.75, 3.05) is 13.4 Å². The summed E-state index contributed by atoms with van der Waals surface area (Å²) in [6.07, 6.45) is 3.28. The van der Waals surface area contributed by atoms with Gasteiger partial charge >= 0.3 is 0 Å². The summed E-state index contributed by atoms with van der Waals surface area (Å²) in [6, 6.07) is 5.56. The van der Waals surface area contributed by atoms with Gasteiger partial charge in [0.25, 0.3) is 0 Å². The van der Waals surface area contributed by atoms with Gasteiger partial charge in [-0.1, -0.05) is 11.8 Å². The van der Waals surface area contributed by atoms with Crippen LogP contribution in [0.25, 0.3) is 0 Å². The maximum absolute atomic E-state index is 13.8. The summed E-state index contributed by atoms with van der Waals surface area (Å²) in [5.74, 6) is -0.743. The Balaban J connectivity index is 2.38. The number of hydrogen-bond acceptors (Lipinski definition) is 5. The van der Waals surface area contributed by atoms with Crippen LogP contribution in [0.2, 0.25) is 0 Å². The lowest BCUT2D eigenvalue weighted by Gasteiger charge is -2.05. The van der Waals surface area contributed by atoms with E-state index in [4.69, 9.17) is 4.74 Å². The average Bonchev–Trinajstić information content (AvgIpc) is 2.46. The van der Waals surface area contributed by atoms with Gasteiger partial charge in [0.2, 0.25) is 5.78 Å². The largest absolute Gasteiger partial charge is 0.497 e. The molecule has 98 valence electrons. The van der Waals surface area contributed by atoms with E-state index in [2.05, 4.69) is 9.97 Å².